The fourth-order valence-corrected chi connectivity index (χ4v) is 2.64. The van der Waals surface area contributed by atoms with Gasteiger partial charge in [-0.2, -0.15) is 0 Å². The number of hydrogen-bond donors (Lipinski definition) is 1. The molecular formula is C14H13FN2O3S. The van der Waals surface area contributed by atoms with Gasteiger partial charge in [0.1, 0.15) is 11.6 Å². The molecule has 0 amide bonds. The smallest absolute Gasteiger partial charge is 0.273 e. The van der Waals surface area contributed by atoms with Crippen LogP contribution in [0.4, 0.5) is 15.8 Å². The molecule has 0 fully saturated rings. The maximum atomic E-state index is 13.0. The van der Waals surface area contributed by atoms with Crippen LogP contribution in [0.3, 0.4) is 0 Å². The second-order valence-corrected chi connectivity index (χ2v) is 5.28. The third kappa shape index (κ3) is 3.85. The van der Waals surface area contributed by atoms with Gasteiger partial charge in [0.05, 0.1) is 18.1 Å². The minimum absolute atomic E-state index is 0.0305. The molecule has 2 rings (SSSR count). The van der Waals surface area contributed by atoms with Crippen molar-refractivity contribution in [2.75, 3.05) is 12.8 Å². The zero-order chi connectivity index (χ0) is 15.4. The molecule has 2 aromatic carbocycles. The number of nitro groups is 1. The minimum Gasteiger partial charge on any atom is -0.496 e. The van der Waals surface area contributed by atoms with Crippen molar-refractivity contribution in [3.63, 3.8) is 0 Å². The van der Waals surface area contributed by atoms with E-state index in [-0.39, 0.29) is 5.69 Å². The van der Waals surface area contributed by atoms with Gasteiger partial charge in [-0.3, -0.25) is 10.1 Å². The summed E-state index contributed by atoms with van der Waals surface area (Å²) < 4.78 is 18.0. The molecule has 0 aliphatic carbocycles. The minimum atomic E-state index is -0.469. The molecule has 0 aliphatic rings. The Hall–Kier alpha value is -2.28. The molecule has 0 radical (unpaired) electrons. The van der Waals surface area contributed by atoms with E-state index in [2.05, 4.69) is 0 Å². The van der Waals surface area contributed by atoms with E-state index >= 15 is 0 Å². The highest BCUT2D eigenvalue weighted by atomic mass is 32.2. The van der Waals surface area contributed by atoms with Crippen molar-refractivity contribution in [2.24, 2.45) is 0 Å². The maximum absolute atomic E-state index is 13.0. The largest absolute Gasteiger partial charge is 0.496 e. The number of hydrogen-bond acceptors (Lipinski definition) is 5. The normalized spacial score (nSPS) is 10.4. The van der Waals surface area contributed by atoms with Gasteiger partial charge in [-0.05, 0) is 29.8 Å². The molecule has 110 valence electrons. The van der Waals surface area contributed by atoms with E-state index in [1.807, 2.05) is 0 Å². The maximum Gasteiger partial charge on any atom is 0.273 e. The Bertz CT molecular complexity index is 679. The summed E-state index contributed by atoms with van der Waals surface area (Å²) in [4.78, 5) is 11.1. The van der Waals surface area contributed by atoms with E-state index in [1.165, 1.54) is 43.1 Å². The molecule has 5 nitrogen and oxygen atoms in total. The highest BCUT2D eigenvalue weighted by Gasteiger charge is 2.11. The van der Waals surface area contributed by atoms with Crippen molar-refractivity contribution in [1.29, 1.82) is 0 Å². The molecule has 2 aromatic rings. The van der Waals surface area contributed by atoms with Crippen LogP contribution in [0.2, 0.25) is 0 Å². The standard InChI is InChI=1S/C14H13FN2O3S/c1-20-12-5-9(4-11(7-12)17(18)19)8-21-14-3-2-10(15)6-13(14)16/h2-7H,8,16H2,1H3. The fraction of sp³-hybridized carbons (Fsp3) is 0.143. The lowest BCUT2D eigenvalue weighted by atomic mass is 10.2. The number of ether oxygens (including phenoxy) is 1. The van der Waals surface area contributed by atoms with Crippen molar-refractivity contribution in [3.05, 3.63) is 57.9 Å². The van der Waals surface area contributed by atoms with E-state index in [0.29, 0.717) is 17.2 Å². The molecule has 21 heavy (non-hydrogen) atoms. The van der Waals surface area contributed by atoms with Gasteiger partial charge in [0.2, 0.25) is 0 Å². The first-order chi connectivity index (χ1) is 9.99. The summed E-state index contributed by atoms with van der Waals surface area (Å²) in [5.74, 6) is 0.495. The summed E-state index contributed by atoms with van der Waals surface area (Å²) in [7, 11) is 1.45. The summed E-state index contributed by atoms with van der Waals surface area (Å²) in [5, 5.41) is 10.9. The number of non-ortho nitro benzene ring substituents is 1. The molecule has 0 aliphatic heterocycles. The molecule has 7 heteroatoms. The van der Waals surface area contributed by atoms with Crippen molar-refractivity contribution in [1.82, 2.24) is 0 Å². The van der Waals surface area contributed by atoms with Gasteiger partial charge in [-0.1, -0.05) is 0 Å². The van der Waals surface area contributed by atoms with Crippen LogP contribution >= 0.6 is 11.8 Å². The van der Waals surface area contributed by atoms with Crippen molar-refractivity contribution in [2.45, 2.75) is 10.6 Å². The highest BCUT2D eigenvalue weighted by Crippen LogP contribution is 2.31. The topological polar surface area (TPSA) is 78.4 Å². The lowest BCUT2D eigenvalue weighted by molar-refractivity contribution is -0.385. The number of nitrogens with zero attached hydrogens (tertiary/aromatic N) is 1. The predicted molar refractivity (Wildman–Crippen MR) is 80.0 cm³/mol. The van der Waals surface area contributed by atoms with E-state index < -0.39 is 10.7 Å². The zero-order valence-electron chi connectivity index (χ0n) is 11.2. The summed E-state index contributed by atoms with van der Waals surface area (Å²) in [6, 6.07) is 8.72. The first-order valence-corrected chi connectivity index (χ1v) is 6.98. The quantitative estimate of drug-likeness (QED) is 0.395. The van der Waals surface area contributed by atoms with E-state index in [4.69, 9.17) is 10.5 Å². The SMILES string of the molecule is COc1cc(CSc2ccc(F)cc2N)cc([N+](=O)[O-])c1. The molecule has 0 saturated carbocycles. The molecule has 0 saturated heterocycles. The molecule has 2 N–H and O–H groups in total. The lowest BCUT2D eigenvalue weighted by Crippen LogP contribution is -1.94. The molecule has 0 heterocycles. The Kier molecular flexibility index (Phi) is 4.64. The van der Waals surface area contributed by atoms with Gasteiger partial charge in [0.15, 0.2) is 0 Å². The van der Waals surface area contributed by atoms with Crippen molar-refractivity contribution >= 4 is 23.1 Å². The second kappa shape index (κ2) is 6.45. The van der Waals surface area contributed by atoms with Crippen LogP contribution in [-0.2, 0) is 5.75 Å². The molecule has 0 spiro atoms. The number of nitrogen functional groups attached to an aromatic ring is 1. The number of thioether (sulfide) groups is 1. The van der Waals surface area contributed by atoms with Crippen LogP contribution < -0.4 is 10.5 Å². The Balaban J connectivity index is 2.19. The van der Waals surface area contributed by atoms with Crippen LogP contribution in [0.15, 0.2) is 41.3 Å². The number of halogens is 1. The summed E-state index contributed by atoms with van der Waals surface area (Å²) >= 11 is 1.38. The monoisotopic (exact) mass is 308 g/mol. The molecular weight excluding hydrogens is 295 g/mol. The number of rotatable bonds is 5. The Morgan fingerprint density at radius 2 is 2.10 bits per heavy atom. The van der Waals surface area contributed by atoms with Crippen LogP contribution in [0, 0.1) is 15.9 Å². The fourth-order valence-electron chi connectivity index (χ4n) is 1.76. The summed E-state index contributed by atoms with van der Waals surface area (Å²) in [6.45, 7) is 0. The third-order valence-corrected chi connectivity index (χ3v) is 3.92. The number of nitro benzene ring substituents is 1. The lowest BCUT2D eigenvalue weighted by Gasteiger charge is -2.07. The summed E-state index contributed by atoms with van der Waals surface area (Å²) in [5.41, 5.74) is 6.77. The van der Waals surface area contributed by atoms with Gasteiger partial charge in [-0.25, -0.2) is 4.39 Å². The van der Waals surface area contributed by atoms with Gasteiger partial charge in [0.25, 0.3) is 5.69 Å². The Labute approximate surface area is 125 Å². The van der Waals surface area contributed by atoms with Crippen LogP contribution in [0.5, 0.6) is 5.75 Å². The van der Waals surface area contributed by atoms with Crippen LogP contribution in [-0.4, -0.2) is 12.0 Å². The second-order valence-electron chi connectivity index (χ2n) is 4.27. The molecule has 0 bridgehead atoms. The molecule has 0 unspecified atom stereocenters. The van der Waals surface area contributed by atoms with Gasteiger partial charge < -0.3 is 10.5 Å². The van der Waals surface area contributed by atoms with Gasteiger partial charge >= 0.3 is 0 Å². The Morgan fingerprint density at radius 1 is 1.33 bits per heavy atom. The van der Waals surface area contributed by atoms with E-state index in [9.17, 15) is 14.5 Å². The summed E-state index contributed by atoms with van der Waals surface area (Å²) in [6.07, 6.45) is 0. The average Bonchev–Trinajstić information content (AvgIpc) is 2.46. The molecule has 0 atom stereocenters. The van der Waals surface area contributed by atoms with Gasteiger partial charge in [-0.15, -0.1) is 11.8 Å². The van der Waals surface area contributed by atoms with Crippen LogP contribution in [0.25, 0.3) is 0 Å². The number of anilines is 1. The number of methoxy groups -OCH3 is 1. The van der Waals surface area contributed by atoms with Crippen LogP contribution in [0.1, 0.15) is 5.56 Å². The van der Waals surface area contributed by atoms with E-state index in [0.717, 1.165) is 10.5 Å². The van der Waals surface area contributed by atoms with Crippen molar-refractivity contribution in [3.8, 4) is 5.75 Å². The van der Waals surface area contributed by atoms with E-state index in [1.54, 1.807) is 12.1 Å². The first kappa shape index (κ1) is 15.1. The van der Waals surface area contributed by atoms with Gasteiger partial charge in [0, 0.05) is 22.4 Å². The Morgan fingerprint density at radius 3 is 2.71 bits per heavy atom. The van der Waals surface area contributed by atoms with Crippen molar-refractivity contribution < 1.29 is 14.1 Å². The molecule has 0 aromatic heterocycles. The first-order valence-electron chi connectivity index (χ1n) is 6.00. The third-order valence-electron chi connectivity index (χ3n) is 2.76. The zero-order valence-corrected chi connectivity index (χ0v) is 12.0. The average molecular weight is 308 g/mol. The predicted octanol–water partition coefficient (Wildman–Crippen LogP) is 3.62. The number of benzene rings is 2. The number of nitrogens with two attached hydrogens (primary N) is 1. The highest BCUT2D eigenvalue weighted by molar-refractivity contribution is 7.98.